The molecule has 1 aromatic heterocycles. The van der Waals surface area contributed by atoms with Gasteiger partial charge in [-0.25, -0.2) is 8.78 Å². The number of hydrogen-bond acceptors (Lipinski definition) is 2. The van der Waals surface area contributed by atoms with Gasteiger partial charge in [-0.1, -0.05) is 0 Å². The molecule has 17 heavy (non-hydrogen) atoms. The predicted octanol–water partition coefficient (Wildman–Crippen LogP) is 4.43. The van der Waals surface area contributed by atoms with Crippen LogP contribution in [0.1, 0.15) is 30.6 Å². The zero-order valence-corrected chi connectivity index (χ0v) is 11.9. The van der Waals surface area contributed by atoms with Crippen LogP contribution in [0.3, 0.4) is 0 Å². The van der Waals surface area contributed by atoms with Gasteiger partial charge in [0.05, 0.1) is 0 Å². The molecule has 0 saturated heterocycles. The lowest BCUT2D eigenvalue weighted by Gasteiger charge is -2.28. The zero-order chi connectivity index (χ0) is 12.3. The Morgan fingerprint density at radius 3 is 3.00 bits per heavy atom. The lowest BCUT2D eigenvalue weighted by atomic mass is 9.86. The Hall–Kier alpha value is -0.0000000000000000833. The van der Waals surface area contributed by atoms with E-state index in [9.17, 15) is 8.78 Å². The Balaban J connectivity index is 1.71. The molecule has 1 aromatic rings. The average Bonchev–Trinajstić information content (AvgIpc) is 2.63. The fourth-order valence-corrected chi connectivity index (χ4v) is 3.72. The first-order valence-electron chi connectivity index (χ1n) is 5.87. The van der Waals surface area contributed by atoms with E-state index in [1.54, 1.807) is 11.3 Å². The number of hydrogen-bond donors (Lipinski definition) is 1. The van der Waals surface area contributed by atoms with Crippen molar-refractivity contribution < 1.29 is 8.78 Å². The molecule has 0 bridgehead atoms. The maximum Gasteiger partial charge on any atom is 0.248 e. The van der Waals surface area contributed by atoms with Gasteiger partial charge in [0.2, 0.25) is 5.92 Å². The molecule has 0 radical (unpaired) electrons. The van der Waals surface area contributed by atoms with Gasteiger partial charge in [-0.05, 0) is 47.3 Å². The largest absolute Gasteiger partial charge is 0.312 e. The Labute approximate surface area is 113 Å². The molecule has 1 heterocycles. The fourth-order valence-electron chi connectivity index (χ4n) is 2.30. The van der Waals surface area contributed by atoms with Crippen LogP contribution < -0.4 is 5.32 Å². The Kier molecular flexibility index (Phi) is 4.55. The maximum absolute atomic E-state index is 13.2. The molecule has 1 unspecified atom stereocenters. The molecule has 1 aliphatic rings. The summed E-state index contributed by atoms with van der Waals surface area (Å²) in [6.45, 7) is 1.48. The summed E-state index contributed by atoms with van der Waals surface area (Å²) in [4.78, 5) is 1.24. The van der Waals surface area contributed by atoms with E-state index in [0.29, 0.717) is 13.0 Å². The number of alkyl halides is 2. The van der Waals surface area contributed by atoms with Crippen molar-refractivity contribution in [2.45, 2.75) is 38.2 Å². The molecule has 0 spiro atoms. The first-order valence-corrected chi connectivity index (χ1v) is 7.54. The molecule has 1 N–H and O–H groups in total. The summed E-state index contributed by atoms with van der Waals surface area (Å²) < 4.78 is 27.4. The van der Waals surface area contributed by atoms with Gasteiger partial charge < -0.3 is 5.32 Å². The van der Waals surface area contributed by atoms with Crippen LogP contribution in [0, 0.1) is 5.92 Å². The second kappa shape index (κ2) is 5.76. The fraction of sp³-hybridized carbons (Fsp3) is 0.667. The van der Waals surface area contributed by atoms with E-state index >= 15 is 0 Å². The second-order valence-electron chi connectivity index (χ2n) is 4.68. The lowest BCUT2D eigenvalue weighted by molar-refractivity contribution is -0.0520. The highest BCUT2D eigenvalue weighted by Gasteiger charge is 2.35. The molecule has 0 aromatic carbocycles. The monoisotopic (exact) mass is 323 g/mol. The molecule has 96 valence electrons. The summed E-state index contributed by atoms with van der Waals surface area (Å²) in [7, 11) is 0. The van der Waals surface area contributed by atoms with E-state index in [4.69, 9.17) is 0 Å². The van der Waals surface area contributed by atoms with Crippen LogP contribution in [0.4, 0.5) is 8.78 Å². The molecule has 2 rings (SSSR count). The molecular formula is C12H16BrF2NS. The highest BCUT2D eigenvalue weighted by molar-refractivity contribution is 9.10. The molecule has 1 fully saturated rings. The van der Waals surface area contributed by atoms with Crippen LogP contribution in [-0.4, -0.2) is 12.5 Å². The number of halogens is 3. The predicted molar refractivity (Wildman–Crippen MR) is 70.6 cm³/mol. The molecule has 1 saturated carbocycles. The van der Waals surface area contributed by atoms with Crippen LogP contribution in [-0.2, 0) is 6.54 Å². The highest BCUT2D eigenvalue weighted by atomic mass is 79.9. The van der Waals surface area contributed by atoms with Crippen molar-refractivity contribution in [1.82, 2.24) is 5.32 Å². The summed E-state index contributed by atoms with van der Waals surface area (Å²) in [5, 5.41) is 5.31. The summed E-state index contributed by atoms with van der Waals surface area (Å²) in [6, 6.07) is 2.06. The van der Waals surface area contributed by atoms with E-state index in [1.165, 1.54) is 4.88 Å². The van der Waals surface area contributed by atoms with Crippen LogP contribution in [0.15, 0.2) is 15.9 Å². The van der Waals surface area contributed by atoms with E-state index < -0.39 is 5.92 Å². The third kappa shape index (κ3) is 4.30. The molecule has 0 amide bonds. The third-order valence-corrected chi connectivity index (χ3v) is 4.79. The SMILES string of the molecule is FC1(F)CCCC(CNCc2cc(Br)cs2)C1. The summed E-state index contributed by atoms with van der Waals surface area (Å²) in [6.07, 6.45) is 1.70. The van der Waals surface area contributed by atoms with Crippen molar-refractivity contribution >= 4 is 27.3 Å². The summed E-state index contributed by atoms with van der Waals surface area (Å²) >= 11 is 5.08. The van der Waals surface area contributed by atoms with Crippen molar-refractivity contribution in [2.75, 3.05) is 6.54 Å². The minimum Gasteiger partial charge on any atom is -0.312 e. The summed E-state index contributed by atoms with van der Waals surface area (Å²) in [5.41, 5.74) is 0. The topological polar surface area (TPSA) is 12.0 Å². The number of rotatable bonds is 4. The van der Waals surface area contributed by atoms with E-state index in [0.717, 1.165) is 17.4 Å². The zero-order valence-electron chi connectivity index (χ0n) is 9.52. The maximum atomic E-state index is 13.2. The van der Waals surface area contributed by atoms with Crippen molar-refractivity contribution in [1.29, 1.82) is 0 Å². The van der Waals surface area contributed by atoms with Gasteiger partial charge in [-0.3, -0.25) is 0 Å². The molecule has 1 atom stereocenters. The second-order valence-corrected chi connectivity index (χ2v) is 6.59. The van der Waals surface area contributed by atoms with Gasteiger partial charge in [0, 0.05) is 34.1 Å². The van der Waals surface area contributed by atoms with Crippen LogP contribution in [0.2, 0.25) is 0 Å². The highest BCUT2D eigenvalue weighted by Crippen LogP contribution is 2.36. The quantitative estimate of drug-likeness (QED) is 0.864. The van der Waals surface area contributed by atoms with Gasteiger partial charge in [0.1, 0.15) is 0 Å². The Morgan fingerprint density at radius 2 is 2.35 bits per heavy atom. The smallest absolute Gasteiger partial charge is 0.248 e. The van der Waals surface area contributed by atoms with Gasteiger partial charge in [0.25, 0.3) is 0 Å². The number of thiophene rings is 1. The van der Waals surface area contributed by atoms with Gasteiger partial charge in [-0.15, -0.1) is 11.3 Å². The van der Waals surface area contributed by atoms with Gasteiger partial charge in [0.15, 0.2) is 0 Å². The third-order valence-electron chi connectivity index (χ3n) is 3.10. The van der Waals surface area contributed by atoms with Gasteiger partial charge >= 0.3 is 0 Å². The van der Waals surface area contributed by atoms with Crippen molar-refractivity contribution in [3.63, 3.8) is 0 Å². The van der Waals surface area contributed by atoms with E-state index in [-0.39, 0.29) is 18.8 Å². The molecule has 1 nitrogen and oxygen atoms in total. The standard InChI is InChI=1S/C12H16BrF2NS/c13-10-4-11(17-8-10)7-16-6-9-2-1-3-12(14,15)5-9/h4,8-9,16H,1-3,5-7H2. The molecule has 5 heteroatoms. The Morgan fingerprint density at radius 1 is 1.53 bits per heavy atom. The minimum atomic E-state index is -2.43. The first-order chi connectivity index (χ1) is 8.05. The van der Waals surface area contributed by atoms with Crippen LogP contribution in [0.25, 0.3) is 0 Å². The van der Waals surface area contributed by atoms with Crippen LogP contribution >= 0.6 is 27.3 Å². The van der Waals surface area contributed by atoms with Crippen molar-refractivity contribution in [3.8, 4) is 0 Å². The average molecular weight is 324 g/mol. The lowest BCUT2D eigenvalue weighted by Crippen LogP contribution is -2.32. The summed E-state index contributed by atoms with van der Waals surface area (Å²) in [5.74, 6) is -2.31. The van der Waals surface area contributed by atoms with Crippen LogP contribution in [0.5, 0.6) is 0 Å². The van der Waals surface area contributed by atoms with Crippen molar-refractivity contribution in [2.24, 2.45) is 5.92 Å². The van der Waals surface area contributed by atoms with E-state index in [1.807, 2.05) is 5.38 Å². The Bertz CT molecular complexity index is 367. The molecular weight excluding hydrogens is 308 g/mol. The molecule has 1 aliphatic carbocycles. The number of nitrogens with one attached hydrogen (secondary N) is 1. The first kappa shape index (κ1) is 13.4. The normalized spacial score (nSPS) is 23.8. The van der Waals surface area contributed by atoms with E-state index in [2.05, 4.69) is 27.3 Å². The molecule has 0 aliphatic heterocycles. The van der Waals surface area contributed by atoms with Gasteiger partial charge in [-0.2, -0.15) is 0 Å². The van der Waals surface area contributed by atoms with Crippen molar-refractivity contribution in [3.05, 3.63) is 20.8 Å². The minimum absolute atomic E-state index is 0.0497.